The second kappa shape index (κ2) is 6.50. The van der Waals surface area contributed by atoms with E-state index in [2.05, 4.69) is 32.9 Å². The van der Waals surface area contributed by atoms with Crippen molar-refractivity contribution in [1.82, 2.24) is 0 Å². The lowest BCUT2D eigenvalue weighted by molar-refractivity contribution is -0.155. The van der Waals surface area contributed by atoms with Gasteiger partial charge in [-0.15, -0.1) is 0 Å². The molecule has 0 unspecified atom stereocenters. The summed E-state index contributed by atoms with van der Waals surface area (Å²) in [5, 5.41) is 0. The van der Waals surface area contributed by atoms with Crippen molar-refractivity contribution < 1.29 is 14.3 Å². The molecule has 1 aromatic rings. The van der Waals surface area contributed by atoms with Gasteiger partial charge in [0.2, 0.25) is 0 Å². The summed E-state index contributed by atoms with van der Waals surface area (Å²) in [6.07, 6.45) is 0.262. The van der Waals surface area contributed by atoms with Crippen LogP contribution in [0, 0.1) is 6.92 Å². The van der Waals surface area contributed by atoms with Crippen LogP contribution >= 0.6 is 0 Å². The summed E-state index contributed by atoms with van der Waals surface area (Å²) in [5.41, 5.74) is 2.05. The molecule has 0 N–H and O–H groups in total. The molecule has 0 spiro atoms. The first-order chi connectivity index (χ1) is 9.49. The zero-order chi connectivity index (χ0) is 16.3. The number of esters is 1. The molecule has 0 heterocycles. The highest BCUT2D eigenvalue weighted by Gasteiger charge is 2.17. The Bertz CT molecular complexity index is 490. The molecule has 0 saturated heterocycles. The van der Waals surface area contributed by atoms with Gasteiger partial charge in [-0.3, -0.25) is 4.79 Å². The lowest BCUT2D eigenvalue weighted by atomic mass is 9.86. The van der Waals surface area contributed by atoms with Gasteiger partial charge in [0.1, 0.15) is 11.4 Å². The number of hydrogen-bond acceptors (Lipinski definition) is 3. The van der Waals surface area contributed by atoms with Crippen molar-refractivity contribution in [3.8, 4) is 5.75 Å². The summed E-state index contributed by atoms with van der Waals surface area (Å²) < 4.78 is 10.9. The largest absolute Gasteiger partial charge is 0.493 e. The van der Waals surface area contributed by atoms with Gasteiger partial charge < -0.3 is 9.47 Å². The Hall–Kier alpha value is -1.51. The summed E-state index contributed by atoms with van der Waals surface area (Å²) >= 11 is 0. The SMILES string of the molecule is Cc1cc(C(C)(C)C)ccc1OCCC(=O)OC(C)(C)C. The molecule has 0 aromatic heterocycles. The van der Waals surface area contributed by atoms with Gasteiger partial charge in [0.15, 0.2) is 0 Å². The first-order valence-corrected chi connectivity index (χ1v) is 7.45. The minimum absolute atomic E-state index is 0.125. The number of benzene rings is 1. The van der Waals surface area contributed by atoms with Gasteiger partial charge in [0.25, 0.3) is 0 Å². The zero-order valence-corrected chi connectivity index (χ0v) is 14.4. The molecule has 0 radical (unpaired) electrons. The summed E-state index contributed by atoms with van der Waals surface area (Å²) in [7, 11) is 0. The summed E-state index contributed by atoms with van der Waals surface area (Å²) in [6.45, 7) is 14.5. The predicted molar refractivity (Wildman–Crippen MR) is 85.8 cm³/mol. The molecule has 0 saturated carbocycles. The topological polar surface area (TPSA) is 35.5 Å². The number of carbonyl (C=O) groups is 1. The highest BCUT2D eigenvalue weighted by Crippen LogP contribution is 2.27. The van der Waals surface area contributed by atoms with Gasteiger partial charge in [0.05, 0.1) is 13.0 Å². The molecule has 3 heteroatoms. The van der Waals surface area contributed by atoms with Crippen LogP contribution in [0.4, 0.5) is 0 Å². The maximum absolute atomic E-state index is 11.6. The smallest absolute Gasteiger partial charge is 0.309 e. The van der Waals surface area contributed by atoms with Crippen LogP contribution in [-0.2, 0) is 14.9 Å². The highest BCUT2D eigenvalue weighted by molar-refractivity contribution is 5.70. The lowest BCUT2D eigenvalue weighted by Gasteiger charge is -2.21. The quantitative estimate of drug-likeness (QED) is 0.771. The van der Waals surface area contributed by atoms with Crippen molar-refractivity contribution in [2.75, 3.05) is 6.61 Å². The van der Waals surface area contributed by atoms with Crippen molar-refractivity contribution in [3.63, 3.8) is 0 Å². The van der Waals surface area contributed by atoms with Crippen molar-refractivity contribution in [1.29, 1.82) is 0 Å². The average Bonchev–Trinajstić information content (AvgIpc) is 2.27. The van der Waals surface area contributed by atoms with Crippen molar-refractivity contribution >= 4 is 5.97 Å². The van der Waals surface area contributed by atoms with Crippen molar-refractivity contribution in [3.05, 3.63) is 29.3 Å². The fourth-order valence-corrected chi connectivity index (χ4v) is 1.91. The normalized spacial score (nSPS) is 12.1. The Labute approximate surface area is 128 Å². The summed E-state index contributed by atoms with van der Waals surface area (Å²) in [4.78, 5) is 11.6. The van der Waals surface area contributed by atoms with E-state index in [1.165, 1.54) is 5.56 Å². The molecule has 0 bridgehead atoms. The molecule has 21 heavy (non-hydrogen) atoms. The summed E-state index contributed by atoms with van der Waals surface area (Å²) in [6, 6.07) is 6.20. The fourth-order valence-electron chi connectivity index (χ4n) is 1.91. The van der Waals surface area contributed by atoms with Crippen molar-refractivity contribution in [2.24, 2.45) is 0 Å². The minimum atomic E-state index is -0.443. The third-order valence-electron chi connectivity index (χ3n) is 3.02. The lowest BCUT2D eigenvalue weighted by Crippen LogP contribution is -2.24. The number of hydrogen-bond donors (Lipinski definition) is 0. The van der Waals surface area contributed by atoms with Gasteiger partial charge in [-0.25, -0.2) is 0 Å². The van der Waals surface area contributed by atoms with Crippen LogP contribution in [0.5, 0.6) is 5.75 Å². The molecule has 1 aromatic carbocycles. The molecule has 0 fully saturated rings. The van der Waals surface area contributed by atoms with Gasteiger partial charge >= 0.3 is 5.97 Å². The third kappa shape index (κ3) is 6.19. The number of rotatable bonds is 4. The van der Waals surface area contributed by atoms with Crippen LogP contribution in [0.15, 0.2) is 18.2 Å². The Morgan fingerprint density at radius 1 is 1.10 bits per heavy atom. The predicted octanol–water partition coefficient (Wildman–Crippen LogP) is 4.40. The molecule has 0 aliphatic carbocycles. The molecule has 0 atom stereocenters. The van der Waals surface area contributed by atoms with E-state index in [4.69, 9.17) is 9.47 Å². The third-order valence-corrected chi connectivity index (χ3v) is 3.02. The Kier molecular flexibility index (Phi) is 5.43. The number of carbonyl (C=O) groups excluding carboxylic acids is 1. The minimum Gasteiger partial charge on any atom is -0.493 e. The van der Waals surface area contributed by atoms with Gasteiger partial charge in [-0.1, -0.05) is 32.9 Å². The van der Waals surface area contributed by atoms with Crippen LogP contribution in [0.1, 0.15) is 59.1 Å². The molecule has 0 amide bonds. The van der Waals surface area contributed by atoms with E-state index in [0.29, 0.717) is 6.61 Å². The van der Waals surface area contributed by atoms with Gasteiger partial charge in [0, 0.05) is 0 Å². The summed E-state index contributed by atoms with van der Waals surface area (Å²) in [5.74, 6) is 0.595. The number of ether oxygens (including phenoxy) is 2. The van der Waals surface area contributed by atoms with E-state index in [9.17, 15) is 4.79 Å². The monoisotopic (exact) mass is 292 g/mol. The van der Waals surface area contributed by atoms with Gasteiger partial charge in [-0.05, 0) is 50.3 Å². The van der Waals surface area contributed by atoms with Crippen LogP contribution in [-0.4, -0.2) is 18.2 Å². The average molecular weight is 292 g/mol. The highest BCUT2D eigenvalue weighted by atomic mass is 16.6. The fraction of sp³-hybridized carbons (Fsp3) is 0.611. The van der Waals surface area contributed by atoms with Crippen LogP contribution in [0.3, 0.4) is 0 Å². The molecule has 0 aliphatic heterocycles. The second-order valence-corrected chi connectivity index (χ2v) is 7.42. The van der Waals surface area contributed by atoms with Crippen LogP contribution in [0.25, 0.3) is 0 Å². The molecule has 3 nitrogen and oxygen atoms in total. The van der Waals surface area contributed by atoms with Crippen molar-refractivity contribution in [2.45, 2.75) is 65.9 Å². The first kappa shape index (κ1) is 17.5. The van der Waals surface area contributed by atoms with Crippen LogP contribution < -0.4 is 4.74 Å². The maximum Gasteiger partial charge on any atom is 0.309 e. The van der Waals surface area contributed by atoms with E-state index < -0.39 is 5.60 Å². The first-order valence-electron chi connectivity index (χ1n) is 7.45. The number of aryl methyl sites for hydroxylation is 1. The van der Waals surface area contributed by atoms with Gasteiger partial charge in [-0.2, -0.15) is 0 Å². The Balaban J connectivity index is 2.55. The van der Waals surface area contributed by atoms with E-state index in [0.717, 1.165) is 11.3 Å². The molecule has 1 rings (SSSR count). The zero-order valence-electron chi connectivity index (χ0n) is 14.4. The molecular formula is C18H28O3. The van der Waals surface area contributed by atoms with E-state index in [1.807, 2.05) is 33.8 Å². The van der Waals surface area contributed by atoms with Crippen LogP contribution in [0.2, 0.25) is 0 Å². The molecular weight excluding hydrogens is 264 g/mol. The Morgan fingerprint density at radius 3 is 2.19 bits per heavy atom. The maximum atomic E-state index is 11.6. The molecule has 0 aliphatic rings. The van der Waals surface area contributed by atoms with E-state index >= 15 is 0 Å². The second-order valence-electron chi connectivity index (χ2n) is 7.42. The van der Waals surface area contributed by atoms with E-state index in [1.54, 1.807) is 0 Å². The standard InChI is InChI=1S/C18H28O3/c1-13-12-14(17(2,3)4)8-9-15(13)20-11-10-16(19)21-18(5,6)7/h8-9,12H,10-11H2,1-7H3. The Morgan fingerprint density at radius 2 is 1.71 bits per heavy atom. The van der Waals surface area contributed by atoms with E-state index in [-0.39, 0.29) is 17.8 Å². The molecule has 118 valence electrons.